The lowest BCUT2D eigenvalue weighted by atomic mass is 9.74. The van der Waals surface area contributed by atoms with Gasteiger partial charge in [0.2, 0.25) is 0 Å². The molecule has 7 nitrogen and oxygen atoms in total. The highest BCUT2D eigenvalue weighted by molar-refractivity contribution is 6.76. The third-order valence-corrected chi connectivity index (χ3v) is 12.0. The zero-order valence-electron chi connectivity index (χ0n) is 28.7. The second-order valence-electron chi connectivity index (χ2n) is 14.2. The summed E-state index contributed by atoms with van der Waals surface area (Å²) in [5.74, 6) is -2.71. The Morgan fingerprint density at radius 2 is 1.77 bits per heavy atom. The van der Waals surface area contributed by atoms with Crippen LogP contribution >= 0.6 is 11.6 Å². The van der Waals surface area contributed by atoms with Crippen LogP contribution in [0.4, 0.5) is 4.39 Å². The number of halogens is 2. The molecule has 0 spiro atoms. The van der Waals surface area contributed by atoms with Crippen LogP contribution in [0.25, 0.3) is 0 Å². The number of amides is 1. The quantitative estimate of drug-likeness (QED) is 0.152. The fourth-order valence-corrected chi connectivity index (χ4v) is 8.14. The van der Waals surface area contributed by atoms with Gasteiger partial charge in [-0.25, -0.2) is 4.39 Å². The summed E-state index contributed by atoms with van der Waals surface area (Å²) < 4.78 is 34.7. The molecule has 5 rings (SSSR count). The zero-order chi connectivity index (χ0) is 34.9. The second kappa shape index (κ2) is 14.4. The normalized spacial score (nSPS) is 21.0. The highest BCUT2D eigenvalue weighted by atomic mass is 35.5. The zero-order valence-corrected chi connectivity index (χ0v) is 30.5. The van der Waals surface area contributed by atoms with Crippen molar-refractivity contribution in [2.75, 3.05) is 26.9 Å². The van der Waals surface area contributed by atoms with Gasteiger partial charge in [-0.1, -0.05) is 80.6 Å². The number of benzene rings is 3. The third-order valence-electron chi connectivity index (χ3n) is 10.0. The molecule has 1 N–H and O–H groups in total. The number of hydrogen-bond acceptors (Lipinski definition) is 6. The highest BCUT2D eigenvalue weighted by Gasteiger charge is 2.58. The van der Waals surface area contributed by atoms with Crippen LogP contribution in [0.3, 0.4) is 0 Å². The molecule has 2 aliphatic rings. The summed E-state index contributed by atoms with van der Waals surface area (Å²) in [6, 6.07) is 18.8. The fraction of sp³-hybridized carbons (Fsp3) is 0.474. The fourth-order valence-electron chi connectivity index (χ4n) is 7.30. The van der Waals surface area contributed by atoms with Crippen molar-refractivity contribution in [1.82, 2.24) is 4.90 Å². The largest absolute Gasteiger partial charge is 0.466 e. The molecule has 2 aliphatic heterocycles. The summed E-state index contributed by atoms with van der Waals surface area (Å²) in [6.07, 6.45) is 1.56. The SMILES string of the molecule is CC[C@@](O)(c1cc(F)c2c(c1)C(=O)N([C@H](c1ccccc1)[C@H](C)C(=O)OCC[Si](C)(C)C)[C@@]2(OC)c1ccc(Cl)cc1)C1CCOCC1. The molecule has 2 heterocycles. The summed E-state index contributed by atoms with van der Waals surface area (Å²) in [6.45, 7) is 11.5. The van der Waals surface area contributed by atoms with Gasteiger partial charge in [-0.05, 0) is 73.5 Å². The summed E-state index contributed by atoms with van der Waals surface area (Å²) in [5.41, 5.74) is -1.61. The second-order valence-corrected chi connectivity index (χ2v) is 20.3. The summed E-state index contributed by atoms with van der Waals surface area (Å²) in [7, 11) is -0.0608. The van der Waals surface area contributed by atoms with Gasteiger partial charge < -0.3 is 19.3 Å². The molecule has 0 aliphatic carbocycles. The van der Waals surface area contributed by atoms with E-state index in [4.69, 9.17) is 25.8 Å². The van der Waals surface area contributed by atoms with Gasteiger partial charge in [0, 0.05) is 39.0 Å². The van der Waals surface area contributed by atoms with Crippen LogP contribution in [-0.4, -0.2) is 56.9 Å². The van der Waals surface area contributed by atoms with Gasteiger partial charge >= 0.3 is 5.97 Å². The van der Waals surface area contributed by atoms with Crippen LogP contribution in [0.1, 0.15) is 71.8 Å². The number of ether oxygens (including phenoxy) is 3. The van der Waals surface area contributed by atoms with Gasteiger partial charge in [-0.3, -0.25) is 14.5 Å². The Morgan fingerprint density at radius 3 is 2.35 bits per heavy atom. The number of fused-ring (bicyclic) bond motifs is 1. The monoisotopic (exact) mass is 695 g/mol. The Labute approximate surface area is 289 Å². The lowest BCUT2D eigenvalue weighted by molar-refractivity contribution is -0.155. The van der Waals surface area contributed by atoms with E-state index in [1.165, 1.54) is 18.1 Å². The predicted octanol–water partition coefficient (Wildman–Crippen LogP) is 8.07. The molecule has 3 aromatic rings. The molecule has 3 aromatic carbocycles. The number of hydrogen-bond donors (Lipinski definition) is 1. The Bertz CT molecular complexity index is 1610. The van der Waals surface area contributed by atoms with Crippen LogP contribution in [0.2, 0.25) is 30.7 Å². The van der Waals surface area contributed by atoms with E-state index in [9.17, 15) is 14.7 Å². The van der Waals surface area contributed by atoms with E-state index in [-0.39, 0.29) is 23.7 Å². The molecule has 1 fully saturated rings. The number of carbonyl (C=O) groups is 2. The van der Waals surface area contributed by atoms with Crippen LogP contribution in [0.5, 0.6) is 0 Å². The predicted molar refractivity (Wildman–Crippen MR) is 187 cm³/mol. The molecule has 0 aromatic heterocycles. The van der Waals surface area contributed by atoms with Crippen molar-refractivity contribution in [1.29, 1.82) is 0 Å². The first kappa shape index (κ1) is 36.2. The molecule has 1 amide bonds. The van der Waals surface area contributed by atoms with Crippen molar-refractivity contribution in [2.24, 2.45) is 11.8 Å². The van der Waals surface area contributed by atoms with Gasteiger partial charge in [-0.2, -0.15) is 0 Å². The Hall–Kier alpha value is -3.08. The van der Waals surface area contributed by atoms with Crippen molar-refractivity contribution in [2.45, 2.75) is 76.2 Å². The summed E-state index contributed by atoms with van der Waals surface area (Å²) in [4.78, 5) is 30.3. The minimum atomic E-state index is -1.78. The maximum Gasteiger partial charge on any atom is 0.311 e. The standard InChI is InChI=1S/C38H47ClFNO6Si/c1-7-37(44,27-17-19-46-20-18-27)29-23-31-33(32(40)24-29)38(45-3,28-13-15-30(39)16-14-28)41(35(31)42)34(26-11-9-8-10-12-26)25(2)36(43)47-21-22-48(4,5)6/h8-16,23-25,27,34,44H,7,17-22H2,1-6H3/t25-,34-,37-,38+/m0/s1. The average Bonchev–Trinajstić information content (AvgIpc) is 3.33. The minimum absolute atomic E-state index is 0.0201. The van der Waals surface area contributed by atoms with E-state index >= 15 is 4.39 Å². The maximum atomic E-state index is 17.0. The van der Waals surface area contributed by atoms with E-state index in [2.05, 4.69) is 19.6 Å². The van der Waals surface area contributed by atoms with E-state index in [1.54, 1.807) is 37.3 Å². The smallest absolute Gasteiger partial charge is 0.311 e. The topological polar surface area (TPSA) is 85.3 Å². The molecule has 0 bridgehead atoms. The highest BCUT2D eigenvalue weighted by Crippen LogP contribution is 2.53. The molecule has 0 saturated carbocycles. The number of aliphatic hydroxyl groups is 1. The van der Waals surface area contributed by atoms with Crippen LogP contribution in [0, 0.1) is 17.7 Å². The van der Waals surface area contributed by atoms with Gasteiger partial charge in [0.05, 0.1) is 35.3 Å². The molecule has 4 atom stereocenters. The molecule has 48 heavy (non-hydrogen) atoms. The van der Waals surface area contributed by atoms with E-state index in [1.807, 2.05) is 37.3 Å². The lowest BCUT2D eigenvalue weighted by Crippen LogP contribution is -2.51. The minimum Gasteiger partial charge on any atom is -0.466 e. The number of methoxy groups -OCH3 is 1. The summed E-state index contributed by atoms with van der Waals surface area (Å²) >= 11 is 6.30. The third kappa shape index (κ3) is 6.72. The number of carbonyl (C=O) groups excluding carboxylic acids is 2. The van der Waals surface area contributed by atoms with E-state index in [0.29, 0.717) is 54.2 Å². The Morgan fingerprint density at radius 1 is 1.12 bits per heavy atom. The van der Waals surface area contributed by atoms with Crippen molar-refractivity contribution in [3.8, 4) is 0 Å². The Kier molecular flexibility index (Phi) is 10.9. The molecule has 10 heteroatoms. The van der Waals surface area contributed by atoms with Gasteiger partial charge in [0.1, 0.15) is 5.82 Å². The first-order valence-corrected chi connectivity index (χ1v) is 20.9. The van der Waals surface area contributed by atoms with Crippen molar-refractivity contribution < 1.29 is 33.3 Å². The number of esters is 1. The Balaban J connectivity index is 1.71. The van der Waals surface area contributed by atoms with Gasteiger partial charge in [0.15, 0.2) is 5.72 Å². The number of rotatable bonds is 12. The average molecular weight is 696 g/mol. The first-order chi connectivity index (χ1) is 22.8. The lowest BCUT2D eigenvalue weighted by Gasteiger charge is -2.44. The molecule has 258 valence electrons. The maximum absolute atomic E-state index is 17.0. The van der Waals surface area contributed by atoms with E-state index in [0.717, 1.165) is 6.04 Å². The molecule has 0 unspecified atom stereocenters. The van der Waals surface area contributed by atoms with Gasteiger partial charge in [-0.15, -0.1) is 0 Å². The number of nitrogens with zero attached hydrogens (tertiary/aromatic N) is 1. The first-order valence-electron chi connectivity index (χ1n) is 16.8. The van der Waals surface area contributed by atoms with Crippen molar-refractivity contribution in [3.05, 3.63) is 105 Å². The molecular weight excluding hydrogens is 649 g/mol. The van der Waals surface area contributed by atoms with Gasteiger partial charge in [0.25, 0.3) is 5.91 Å². The molecule has 1 saturated heterocycles. The molecule has 0 radical (unpaired) electrons. The van der Waals surface area contributed by atoms with Crippen LogP contribution in [0.15, 0.2) is 66.7 Å². The molecular formula is C38H47ClFNO6Si. The van der Waals surface area contributed by atoms with Crippen LogP contribution in [-0.2, 0) is 30.3 Å². The van der Waals surface area contributed by atoms with Crippen molar-refractivity contribution in [3.63, 3.8) is 0 Å². The summed E-state index contributed by atoms with van der Waals surface area (Å²) in [5, 5.41) is 12.6. The van der Waals surface area contributed by atoms with Crippen LogP contribution < -0.4 is 0 Å². The van der Waals surface area contributed by atoms with Crippen molar-refractivity contribution >= 4 is 31.6 Å². The van der Waals surface area contributed by atoms with E-state index < -0.39 is 49.1 Å².